The van der Waals surface area contributed by atoms with Crippen molar-refractivity contribution in [3.05, 3.63) is 39.4 Å². The van der Waals surface area contributed by atoms with Crippen molar-refractivity contribution >= 4 is 28.0 Å². The van der Waals surface area contributed by atoms with Gasteiger partial charge in [0, 0.05) is 12.6 Å². The second kappa shape index (κ2) is 6.16. The van der Waals surface area contributed by atoms with Gasteiger partial charge in [0.25, 0.3) is 5.56 Å². The number of alkyl halides is 1. The van der Waals surface area contributed by atoms with Gasteiger partial charge >= 0.3 is 0 Å². The van der Waals surface area contributed by atoms with Crippen LogP contribution < -0.4 is 5.56 Å². The summed E-state index contributed by atoms with van der Waals surface area (Å²) in [7, 11) is 1.56. The minimum Gasteiger partial charge on any atom is -0.591 e. The molecule has 1 aliphatic carbocycles. The van der Waals surface area contributed by atoms with E-state index in [0.29, 0.717) is 35.0 Å². The van der Waals surface area contributed by atoms with Crippen molar-refractivity contribution in [2.24, 2.45) is 11.4 Å². The summed E-state index contributed by atoms with van der Waals surface area (Å²) in [4.78, 5) is 17.3. The van der Waals surface area contributed by atoms with Crippen LogP contribution in [0.5, 0.6) is 0 Å². The largest absolute Gasteiger partial charge is 0.591 e. The number of aromatic nitrogens is 2. The number of fused-ring (bicyclic) bond motifs is 1. The molecule has 7 heteroatoms. The number of benzene rings is 1. The van der Waals surface area contributed by atoms with Gasteiger partial charge in [-0.2, -0.15) is 0 Å². The molecule has 0 radical (unpaired) electrons. The normalized spacial score (nSPS) is 18.2. The fourth-order valence-electron chi connectivity index (χ4n) is 2.84. The Hall–Kier alpha value is -1.73. The molecule has 5 nitrogen and oxygen atoms in total. The van der Waals surface area contributed by atoms with Crippen LogP contribution in [0.4, 0.5) is 4.39 Å². The molecule has 1 aliphatic rings. The minimum absolute atomic E-state index is 0.157. The van der Waals surface area contributed by atoms with Crippen LogP contribution in [0.1, 0.15) is 57.5 Å². The van der Waals surface area contributed by atoms with Crippen molar-refractivity contribution in [2.45, 2.75) is 57.9 Å². The Kier molecular flexibility index (Phi) is 4.51. The van der Waals surface area contributed by atoms with Crippen molar-refractivity contribution in [1.82, 2.24) is 9.55 Å². The van der Waals surface area contributed by atoms with E-state index in [4.69, 9.17) is 0 Å². The number of hydrogen-bond donors (Lipinski definition) is 0. The second-order valence-electron chi connectivity index (χ2n) is 8.01. The lowest BCUT2D eigenvalue weighted by Crippen LogP contribution is -2.27. The Balaban J connectivity index is 2.27. The zero-order valence-corrected chi connectivity index (χ0v) is 16.8. The van der Waals surface area contributed by atoms with Gasteiger partial charge in [-0.25, -0.2) is 9.37 Å². The van der Waals surface area contributed by atoms with E-state index in [1.54, 1.807) is 20.0 Å². The van der Waals surface area contributed by atoms with Gasteiger partial charge in [-0.05, 0) is 65.2 Å². The molecule has 1 aromatic heterocycles. The van der Waals surface area contributed by atoms with E-state index in [1.807, 2.05) is 33.8 Å². The predicted octanol–water partition coefficient (Wildman–Crippen LogP) is 3.47. The van der Waals surface area contributed by atoms with Gasteiger partial charge in [0.15, 0.2) is 5.67 Å². The van der Waals surface area contributed by atoms with Crippen LogP contribution in [0.15, 0.2) is 21.3 Å². The minimum atomic E-state index is -1.52. The third-order valence-electron chi connectivity index (χ3n) is 4.55. The van der Waals surface area contributed by atoms with Crippen molar-refractivity contribution in [1.29, 1.82) is 0 Å². The summed E-state index contributed by atoms with van der Waals surface area (Å²) in [5.41, 5.74) is 0.650. The lowest BCUT2D eigenvalue weighted by Gasteiger charge is -2.19. The summed E-state index contributed by atoms with van der Waals surface area (Å²) < 4.78 is 32.2. The molecule has 0 unspecified atom stereocenters. The molecule has 26 heavy (non-hydrogen) atoms. The van der Waals surface area contributed by atoms with Gasteiger partial charge in [-0.1, -0.05) is 4.40 Å². The Labute approximate surface area is 155 Å². The van der Waals surface area contributed by atoms with Gasteiger partial charge in [0.2, 0.25) is 0 Å². The first-order chi connectivity index (χ1) is 11.9. The molecule has 0 aliphatic heterocycles. The van der Waals surface area contributed by atoms with Crippen LogP contribution >= 0.6 is 0 Å². The predicted molar refractivity (Wildman–Crippen MR) is 104 cm³/mol. The van der Waals surface area contributed by atoms with Crippen LogP contribution in [0.3, 0.4) is 0 Å². The highest BCUT2D eigenvalue weighted by Crippen LogP contribution is 2.48. The molecular formula is C19H24FN3O2S. The highest BCUT2D eigenvalue weighted by Gasteiger charge is 2.48. The maximum Gasteiger partial charge on any atom is 0.261 e. The smallest absolute Gasteiger partial charge is 0.261 e. The molecule has 2 aromatic rings. The van der Waals surface area contributed by atoms with E-state index in [9.17, 15) is 13.7 Å². The number of nitrogens with zero attached hydrogens (tertiary/aromatic N) is 3. The quantitative estimate of drug-likeness (QED) is 0.607. The van der Waals surface area contributed by atoms with Crippen molar-refractivity contribution in [3.8, 4) is 0 Å². The first kappa shape index (κ1) is 19.0. The van der Waals surface area contributed by atoms with E-state index in [2.05, 4.69) is 9.38 Å². The Morgan fingerprint density at radius 3 is 2.54 bits per heavy atom. The van der Waals surface area contributed by atoms with Crippen molar-refractivity contribution in [2.75, 3.05) is 0 Å². The lowest BCUT2D eigenvalue weighted by atomic mass is 10.0. The Morgan fingerprint density at radius 1 is 1.38 bits per heavy atom. The number of halogens is 1. The van der Waals surface area contributed by atoms with Crippen LogP contribution in [0.2, 0.25) is 0 Å². The van der Waals surface area contributed by atoms with Crippen LogP contribution in [-0.4, -0.2) is 24.6 Å². The van der Waals surface area contributed by atoms with Gasteiger partial charge in [0.1, 0.15) is 21.9 Å². The standard InChI is InChI=1S/C19H24FN3O2S/c1-11-9-13(12(2)22-26(25)18(3,4)5)15-14(10-11)16(24)23(6)17(21-15)19(20)7-8-19/h9-10H,7-8H2,1-6H3/t26-/m1/s1. The molecule has 140 valence electrons. The van der Waals surface area contributed by atoms with Gasteiger partial charge in [-0.3, -0.25) is 9.36 Å². The van der Waals surface area contributed by atoms with Crippen LogP contribution in [0.25, 0.3) is 10.9 Å². The Morgan fingerprint density at radius 2 is 2.00 bits per heavy atom. The molecule has 0 bridgehead atoms. The molecule has 0 amide bonds. The van der Waals surface area contributed by atoms with E-state index in [0.717, 1.165) is 5.56 Å². The highest BCUT2D eigenvalue weighted by atomic mass is 32.2. The van der Waals surface area contributed by atoms with E-state index in [1.165, 1.54) is 4.57 Å². The molecule has 1 saturated carbocycles. The zero-order valence-electron chi connectivity index (χ0n) is 16.0. The van der Waals surface area contributed by atoms with E-state index in [-0.39, 0.29) is 11.4 Å². The topological polar surface area (TPSA) is 70.3 Å². The maximum absolute atomic E-state index is 14.7. The molecular weight excluding hydrogens is 353 g/mol. The summed E-state index contributed by atoms with van der Waals surface area (Å²) in [6, 6.07) is 3.61. The zero-order chi connectivity index (χ0) is 19.4. The lowest BCUT2D eigenvalue weighted by molar-refractivity contribution is 0.290. The summed E-state index contributed by atoms with van der Waals surface area (Å²) in [5, 5.41) is 0.423. The average Bonchev–Trinajstić information content (AvgIpc) is 3.28. The molecule has 3 rings (SSSR count). The number of hydrogen-bond acceptors (Lipinski definition) is 4. The Bertz CT molecular complexity index is 971. The van der Waals surface area contributed by atoms with Crippen LogP contribution in [0, 0.1) is 6.92 Å². The fraction of sp³-hybridized carbons (Fsp3) is 0.526. The molecule has 0 spiro atoms. The average molecular weight is 377 g/mol. The first-order valence-electron chi connectivity index (χ1n) is 8.62. The SMILES string of the molecule is CC(=N[S@+]([O-])C(C)(C)C)c1cc(C)cc2c(=O)n(C)c(C3(F)CC3)nc12. The van der Waals surface area contributed by atoms with Crippen molar-refractivity contribution < 1.29 is 8.94 Å². The van der Waals surface area contributed by atoms with Crippen molar-refractivity contribution in [3.63, 3.8) is 0 Å². The fourth-order valence-corrected chi connectivity index (χ4v) is 3.46. The second-order valence-corrected chi connectivity index (χ2v) is 9.92. The van der Waals surface area contributed by atoms with E-state index < -0.39 is 21.8 Å². The molecule has 0 N–H and O–H groups in total. The third kappa shape index (κ3) is 3.30. The monoisotopic (exact) mass is 377 g/mol. The molecule has 0 saturated heterocycles. The summed E-state index contributed by atoms with van der Waals surface area (Å²) >= 11 is -1.43. The third-order valence-corrected chi connectivity index (χ3v) is 6.04. The molecule has 1 aromatic carbocycles. The molecule has 1 atom stereocenters. The summed E-state index contributed by atoms with van der Waals surface area (Å²) in [6.45, 7) is 9.17. The van der Waals surface area contributed by atoms with E-state index >= 15 is 0 Å². The number of aryl methyl sites for hydroxylation is 1. The molecule has 1 heterocycles. The van der Waals surface area contributed by atoms with Crippen LogP contribution in [-0.2, 0) is 24.1 Å². The summed E-state index contributed by atoms with van der Waals surface area (Å²) in [5.74, 6) is 0.157. The van der Waals surface area contributed by atoms with Gasteiger partial charge in [0.05, 0.1) is 16.6 Å². The number of rotatable bonds is 3. The highest BCUT2D eigenvalue weighted by molar-refractivity contribution is 7.91. The molecule has 1 fully saturated rings. The maximum atomic E-state index is 14.7. The first-order valence-corrected chi connectivity index (χ1v) is 9.73. The van der Waals surface area contributed by atoms with Gasteiger partial charge in [-0.15, -0.1) is 0 Å². The van der Waals surface area contributed by atoms with Gasteiger partial charge < -0.3 is 4.55 Å². The summed E-state index contributed by atoms with van der Waals surface area (Å²) in [6.07, 6.45) is 0.752.